The molecule has 0 atom stereocenters. The molecule has 11 nitrogen and oxygen atoms in total. The molecule has 0 aliphatic carbocycles. The van der Waals surface area contributed by atoms with Gasteiger partial charge in [0.2, 0.25) is 40.1 Å². The lowest BCUT2D eigenvalue weighted by molar-refractivity contribution is 0.278. The van der Waals surface area contributed by atoms with Crippen molar-refractivity contribution in [3.05, 3.63) is 23.8 Å². The van der Waals surface area contributed by atoms with Crippen LogP contribution in [0.5, 0.6) is 0 Å². The fourth-order valence-electron chi connectivity index (χ4n) is 3.49. The van der Waals surface area contributed by atoms with E-state index in [-0.39, 0.29) is 7.42 Å². The summed E-state index contributed by atoms with van der Waals surface area (Å²) in [6.45, 7) is 6.36. The molecule has 0 saturated heterocycles. The number of hydrogen-bond acceptors (Lipinski definition) is 9. The molecule has 0 fully saturated rings. The van der Waals surface area contributed by atoms with Gasteiger partial charge in [0.05, 0.1) is 36.4 Å². The number of benzene rings is 1. The lowest BCUT2D eigenvalue weighted by atomic mass is 10.1. The summed E-state index contributed by atoms with van der Waals surface area (Å²) in [6.07, 6.45) is 4.80. The van der Waals surface area contributed by atoms with Gasteiger partial charge in [-0.15, -0.1) is 0 Å². The van der Waals surface area contributed by atoms with E-state index in [1.54, 1.807) is 0 Å². The molecule has 0 aromatic heterocycles. The zero-order valence-electron chi connectivity index (χ0n) is 19.7. The highest BCUT2D eigenvalue weighted by Crippen LogP contribution is 2.36. The van der Waals surface area contributed by atoms with E-state index in [0.29, 0.717) is 43.6 Å². The van der Waals surface area contributed by atoms with Crippen LogP contribution >= 0.6 is 0 Å². The molecule has 0 radical (unpaired) electrons. The molecule has 0 aliphatic heterocycles. The van der Waals surface area contributed by atoms with Crippen molar-refractivity contribution < 1.29 is 33.7 Å². The van der Waals surface area contributed by atoms with Crippen LogP contribution in [-0.4, -0.2) is 83.2 Å². The topological polar surface area (TPSA) is 146 Å². The van der Waals surface area contributed by atoms with Gasteiger partial charge >= 0.3 is 0 Å². The summed E-state index contributed by atoms with van der Waals surface area (Å²) in [5.41, 5.74) is -0.658. The van der Waals surface area contributed by atoms with Crippen molar-refractivity contribution in [1.29, 1.82) is 0 Å². The van der Waals surface area contributed by atoms with Crippen LogP contribution in [-0.2, 0) is 46.5 Å². The lowest BCUT2D eigenvalue weighted by Gasteiger charge is -2.28. The summed E-state index contributed by atoms with van der Waals surface area (Å²) in [5, 5.41) is 0. The minimum atomic E-state index is -4.47. The first-order valence-electron chi connectivity index (χ1n) is 10.1. The Morgan fingerprint density at radius 1 is 0.606 bits per heavy atom. The molecule has 15 heteroatoms. The quantitative estimate of drug-likeness (QED) is 0.350. The summed E-state index contributed by atoms with van der Waals surface area (Å²) in [4.78, 5) is 2.19. The summed E-state index contributed by atoms with van der Waals surface area (Å²) in [5.74, 6) is 0. The zero-order valence-corrected chi connectivity index (χ0v) is 23.0. The number of anilines is 2. The standard InChI is InChI=1S/C18H33N3O8S4/c1-7-12-19(13-8-2)14-11-16-9-10-17(20(30(3,22)23)31(4,24)25)18(15-16)21(32(5,26)27)33(6,28)29/h9-10,15H,7-8,11-14H2,1-6H3. The van der Waals surface area contributed by atoms with Crippen molar-refractivity contribution in [2.75, 3.05) is 52.1 Å². The highest BCUT2D eigenvalue weighted by Gasteiger charge is 2.36. The minimum absolute atomic E-state index is 0.0307. The van der Waals surface area contributed by atoms with Gasteiger partial charge in [0.15, 0.2) is 0 Å². The molecule has 0 heterocycles. The van der Waals surface area contributed by atoms with E-state index in [2.05, 4.69) is 4.90 Å². The molecule has 1 aromatic rings. The number of rotatable bonds is 13. The van der Waals surface area contributed by atoms with Gasteiger partial charge in [0.1, 0.15) is 0 Å². The highest BCUT2D eigenvalue weighted by atomic mass is 32.3. The van der Waals surface area contributed by atoms with Crippen molar-refractivity contribution in [3.63, 3.8) is 0 Å². The fraction of sp³-hybridized carbons (Fsp3) is 0.667. The van der Waals surface area contributed by atoms with Crippen LogP contribution in [0.4, 0.5) is 11.4 Å². The van der Waals surface area contributed by atoms with Gasteiger partial charge in [0.25, 0.3) is 0 Å². The Hall–Kier alpha value is -1.42. The van der Waals surface area contributed by atoms with E-state index in [1.165, 1.54) is 12.1 Å². The molecule has 0 unspecified atom stereocenters. The predicted molar refractivity (Wildman–Crippen MR) is 132 cm³/mol. The Morgan fingerprint density at radius 2 is 1.00 bits per heavy atom. The third-order valence-corrected chi connectivity index (χ3v) is 10.9. The maximum atomic E-state index is 12.4. The van der Waals surface area contributed by atoms with Gasteiger partial charge in [-0.3, -0.25) is 0 Å². The molecular formula is C18H33N3O8S4. The number of nitrogens with zero attached hydrogens (tertiary/aromatic N) is 3. The van der Waals surface area contributed by atoms with Crippen molar-refractivity contribution in [3.8, 4) is 0 Å². The summed E-state index contributed by atoms with van der Waals surface area (Å²) >= 11 is 0. The molecule has 1 aromatic carbocycles. The van der Waals surface area contributed by atoms with Crippen molar-refractivity contribution in [1.82, 2.24) is 4.90 Å². The third-order valence-electron chi connectivity index (χ3n) is 4.43. The Morgan fingerprint density at radius 3 is 1.36 bits per heavy atom. The first kappa shape index (κ1) is 29.6. The highest BCUT2D eigenvalue weighted by molar-refractivity contribution is 8.10. The number of hydrogen-bond donors (Lipinski definition) is 0. The van der Waals surface area contributed by atoms with Crippen LogP contribution in [0.3, 0.4) is 0 Å². The average Bonchev–Trinajstić information content (AvgIpc) is 2.57. The third kappa shape index (κ3) is 8.38. The van der Waals surface area contributed by atoms with Crippen molar-refractivity contribution >= 4 is 51.5 Å². The second-order valence-corrected chi connectivity index (χ2v) is 15.6. The van der Waals surface area contributed by atoms with Gasteiger partial charge in [-0.1, -0.05) is 19.9 Å². The van der Waals surface area contributed by atoms with Crippen LogP contribution in [0.2, 0.25) is 0 Å². The van der Waals surface area contributed by atoms with E-state index < -0.39 is 51.5 Å². The van der Waals surface area contributed by atoms with Gasteiger partial charge < -0.3 is 4.90 Å². The van der Waals surface area contributed by atoms with Crippen molar-refractivity contribution in [2.45, 2.75) is 33.1 Å². The molecule has 1 rings (SSSR count). The first-order chi connectivity index (χ1) is 14.8. The monoisotopic (exact) mass is 547 g/mol. The maximum Gasteiger partial charge on any atom is 0.245 e. The van der Waals surface area contributed by atoms with Gasteiger partial charge in [-0.25, -0.2) is 33.7 Å². The maximum absolute atomic E-state index is 12.4. The van der Waals surface area contributed by atoms with Gasteiger partial charge in [0, 0.05) is 6.54 Å². The summed E-state index contributed by atoms with van der Waals surface area (Å²) in [6, 6.07) is 3.78. The van der Waals surface area contributed by atoms with E-state index in [9.17, 15) is 33.7 Å². The van der Waals surface area contributed by atoms with Gasteiger partial charge in [-0.2, -0.15) is 7.42 Å². The predicted octanol–water partition coefficient (Wildman–Crippen LogP) is 0.802. The first-order valence-corrected chi connectivity index (χ1v) is 17.5. The zero-order chi connectivity index (χ0) is 25.8. The molecule has 0 saturated carbocycles. The van der Waals surface area contributed by atoms with Gasteiger partial charge in [-0.05, 0) is 50.0 Å². The Kier molecular flexibility index (Phi) is 9.77. The Bertz CT molecular complexity index is 1190. The minimum Gasteiger partial charge on any atom is -0.303 e. The fourth-order valence-corrected chi connectivity index (χ4v) is 9.45. The second-order valence-electron chi connectivity index (χ2n) is 7.86. The number of sulfonamides is 4. The molecule has 33 heavy (non-hydrogen) atoms. The molecular weight excluding hydrogens is 514 g/mol. The molecule has 0 amide bonds. The Labute approximate surface area is 198 Å². The normalized spacial score (nSPS) is 13.3. The SMILES string of the molecule is CCCN(CCC)CCc1ccc(N(S(C)(=O)=O)S(C)(=O)=O)c(N(S(C)(=O)=O)S(C)(=O)=O)c1. The smallest absolute Gasteiger partial charge is 0.245 e. The van der Waals surface area contributed by atoms with Crippen LogP contribution in [0, 0.1) is 0 Å². The van der Waals surface area contributed by atoms with E-state index in [1.807, 2.05) is 13.8 Å². The van der Waals surface area contributed by atoms with Crippen LogP contribution < -0.4 is 7.42 Å². The van der Waals surface area contributed by atoms with E-state index in [4.69, 9.17) is 0 Å². The molecule has 0 bridgehead atoms. The molecule has 192 valence electrons. The van der Waals surface area contributed by atoms with Crippen molar-refractivity contribution in [2.24, 2.45) is 0 Å². The van der Waals surface area contributed by atoms with Crippen LogP contribution in [0.25, 0.3) is 0 Å². The van der Waals surface area contributed by atoms with Crippen LogP contribution in [0.1, 0.15) is 32.3 Å². The largest absolute Gasteiger partial charge is 0.303 e. The second kappa shape index (κ2) is 10.9. The summed E-state index contributed by atoms with van der Waals surface area (Å²) < 4.78 is 99.0. The van der Waals surface area contributed by atoms with Crippen LogP contribution in [0.15, 0.2) is 18.2 Å². The average molecular weight is 548 g/mol. The summed E-state index contributed by atoms with van der Waals surface area (Å²) in [7, 11) is -17.8. The lowest BCUT2D eigenvalue weighted by Crippen LogP contribution is -2.40. The molecule has 0 spiro atoms. The molecule has 0 N–H and O–H groups in total. The van der Waals surface area contributed by atoms with E-state index in [0.717, 1.165) is 32.0 Å². The van der Waals surface area contributed by atoms with E-state index >= 15 is 0 Å². The molecule has 0 aliphatic rings. The Balaban J connectivity index is 3.82.